The number of nitrogens with zero attached hydrogens (tertiary/aromatic N) is 2. The van der Waals surface area contributed by atoms with Crippen LogP contribution in [0.4, 0.5) is 0 Å². The molecule has 0 aromatic heterocycles. The Hall–Kier alpha value is -0.850. The minimum Gasteiger partial charge on any atom is -0.373 e. The van der Waals surface area contributed by atoms with E-state index >= 15 is 0 Å². The van der Waals surface area contributed by atoms with Gasteiger partial charge >= 0.3 is 0 Å². The van der Waals surface area contributed by atoms with Crippen LogP contribution in [0.25, 0.3) is 0 Å². The topological polar surface area (TPSA) is 47.3 Å². The lowest BCUT2D eigenvalue weighted by atomic mass is 10.3. The summed E-state index contributed by atoms with van der Waals surface area (Å²) in [7, 11) is 3.35. The predicted octanol–water partition coefficient (Wildman–Crippen LogP) is -0.0538. The van der Waals surface area contributed by atoms with Crippen molar-refractivity contribution in [3.8, 4) is 6.07 Å². The van der Waals surface area contributed by atoms with Crippen molar-refractivity contribution in [2.75, 3.05) is 14.1 Å². The van der Waals surface area contributed by atoms with Crippen LogP contribution in [-0.4, -0.2) is 30.3 Å². The predicted molar refractivity (Wildman–Crippen MR) is 34.4 cm³/mol. The summed E-state index contributed by atoms with van der Waals surface area (Å²) in [6.45, 7) is 3.34. The van der Waals surface area contributed by atoms with Crippen LogP contribution in [-0.2, 0) is 0 Å². The van der Waals surface area contributed by atoms with E-state index in [0.717, 1.165) is 0 Å². The first-order valence-corrected chi connectivity index (χ1v) is 2.53. The summed E-state index contributed by atoms with van der Waals surface area (Å²) in [6.07, 6.45) is -0.838. The normalized spacial score (nSPS) is 12.8. The molecule has 0 rings (SSSR count). The minimum absolute atomic E-state index is 0.167. The zero-order valence-electron chi connectivity index (χ0n) is 5.63. The van der Waals surface area contributed by atoms with Gasteiger partial charge in [0.1, 0.15) is 6.23 Å². The molecule has 0 amide bonds. The monoisotopic (exact) mass is 126 g/mol. The maximum Gasteiger partial charge on any atom is 0.142 e. The van der Waals surface area contributed by atoms with Crippen molar-refractivity contribution >= 4 is 0 Å². The summed E-state index contributed by atoms with van der Waals surface area (Å²) in [6, 6.07) is 1.76. The average Bonchev–Trinajstić information content (AvgIpc) is 1.84. The molecule has 0 aliphatic rings. The highest BCUT2D eigenvalue weighted by molar-refractivity contribution is 5.19. The van der Waals surface area contributed by atoms with Gasteiger partial charge in [0.2, 0.25) is 0 Å². The molecule has 0 saturated carbocycles. The van der Waals surface area contributed by atoms with Gasteiger partial charge in [-0.15, -0.1) is 0 Å². The Morgan fingerprint density at radius 1 is 1.78 bits per heavy atom. The molecule has 0 bridgehead atoms. The standard InChI is InChI=1S/C6H10N2O/c1-5(4-7)6(9)8(2)3/h6,9H,1H2,2-3H3. The summed E-state index contributed by atoms with van der Waals surface area (Å²) in [4.78, 5) is 1.51. The van der Waals surface area contributed by atoms with Gasteiger partial charge in [-0.2, -0.15) is 5.26 Å². The highest BCUT2D eigenvalue weighted by Gasteiger charge is 2.08. The Bertz CT molecular complexity index is 146. The smallest absolute Gasteiger partial charge is 0.142 e. The van der Waals surface area contributed by atoms with Gasteiger partial charge in [0.25, 0.3) is 0 Å². The summed E-state index contributed by atoms with van der Waals surface area (Å²) in [5.41, 5.74) is 0.167. The van der Waals surface area contributed by atoms with E-state index in [-0.39, 0.29) is 5.57 Å². The molecule has 0 saturated heterocycles. The van der Waals surface area contributed by atoms with Gasteiger partial charge in [-0.3, -0.25) is 4.90 Å². The molecule has 0 aromatic carbocycles. The van der Waals surface area contributed by atoms with E-state index < -0.39 is 6.23 Å². The highest BCUT2D eigenvalue weighted by atomic mass is 16.3. The van der Waals surface area contributed by atoms with Crippen molar-refractivity contribution in [2.24, 2.45) is 0 Å². The van der Waals surface area contributed by atoms with E-state index in [4.69, 9.17) is 10.4 Å². The molecular formula is C6H10N2O. The maximum absolute atomic E-state index is 9.00. The zero-order valence-corrected chi connectivity index (χ0v) is 5.63. The van der Waals surface area contributed by atoms with Crippen LogP contribution >= 0.6 is 0 Å². The molecule has 0 aromatic rings. The third-order valence-corrected chi connectivity index (χ3v) is 0.944. The van der Waals surface area contributed by atoms with Crippen molar-refractivity contribution in [3.63, 3.8) is 0 Å². The second-order valence-electron chi connectivity index (χ2n) is 1.97. The van der Waals surface area contributed by atoms with Gasteiger partial charge in [0.15, 0.2) is 0 Å². The Balaban J connectivity index is 3.92. The van der Waals surface area contributed by atoms with Crippen LogP contribution < -0.4 is 0 Å². The van der Waals surface area contributed by atoms with Gasteiger partial charge < -0.3 is 5.11 Å². The second kappa shape index (κ2) is 3.23. The van der Waals surface area contributed by atoms with Gasteiger partial charge in [0.05, 0.1) is 11.6 Å². The molecule has 0 radical (unpaired) electrons. The molecule has 0 aliphatic carbocycles. The van der Waals surface area contributed by atoms with Crippen LogP contribution in [0.15, 0.2) is 12.2 Å². The van der Waals surface area contributed by atoms with Crippen molar-refractivity contribution in [1.82, 2.24) is 4.90 Å². The first-order chi connectivity index (χ1) is 4.09. The van der Waals surface area contributed by atoms with Gasteiger partial charge in [-0.05, 0) is 14.1 Å². The van der Waals surface area contributed by atoms with E-state index in [2.05, 4.69) is 6.58 Å². The first kappa shape index (κ1) is 8.15. The number of aliphatic hydroxyl groups excluding tert-OH is 1. The summed E-state index contributed by atoms with van der Waals surface area (Å²) >= 11 is 0. The Morgan fingerprint density at radius 2 is 2.22 bits per heavy atom. The lowest BCUT2D eigenvalue weighted by Gasteiger charge is -2.15. The lowest BCUT2D eigenvalue weighted by molar-refractivity contribution is 0.0772. The van der Waals surface area contributed by atoms with Crippen molar-refractivity contribution in [1.29, 1.82) is 5.26 Å². The number of aliphatic hydroxyl groups is 1. The number of rotatable bonds is 2. The molecule has 0 heterocycles. The van der Waals surface area contributed by atoms with E-state index in [9.17, 15) is 0 Å². The van der Waals surface area contributed by atoms with Crippen LogP contribution in [0.1, 0.15) is 0 Å². The Labute approximate surface area is 54.8 Å². The average molecular weight is 126 g/mol. The van der Waals surface area contributed by atoms with Crippen LogP contribution in [0.5, 0.6) is 0 Å². The highest BCUT2D eigenvalue weighted by Crippen LogP contribution is 1.98. The molecular weight excluding hydrogens is 116 g/mol. The number of hydrogen-bond donors (Lipinski definition) is 1. The van der Waals surface area contributed by atoms with Crippen molar-refractivity contribution in [3.05, 3.63) is 12.2 Å². The molecule has 3 nitrogen and oxygen atoms in total. The summed E-state index contributed by atoms with van der Waals surface area (Å²) in [5.74, 6) is 0. The zero-order chi connectivity index (χ0) is 7.44. The second-order valence-corrected chi connectivity index (χ2v) is 1.97. The SMILES string of the molecule is C=C(C#N)C(O)N(C)C. The first-order valence-electron chi connectivity index (χ1n) is 2.53. The van der Waals surface area contributed by atoms with E-state index in [0.29, 0.717) is 0 Å². The maximum atomic E-state index is 9.00. The molecule has 0 aliphatic heterocycles. The quantitative estimate of drug-likeness (QED) is 0.416. The van der Waals surface area contributed by atoms with Gasteiger partial charge in [-0.25, -0.2) is 0 Å². The molecule has 1 atom stereocenters. The van der Waals surface area contributed by atoms with E-state index in [1.165, 1.54) is 4.90 Å². The largest absolute Gasteiger partial charge is 0.373 e. The Kier molecular flexibility index (Phi) is 2.93. The fraction of sp³-hybridized carbons (Fsp3) is 0.500. The fourth-order valence-electron chi connectivity index (χ4n) is 0.369. The van der Waals surface area contributed by atoms with Crippen LogP contribution in [0.3, 0.4) is 0 Å². The van der Waals surface area contributed by atoms with Crippen molar-refractivity contribution < 1.29 is 5.11 Å². The molecule has 9 heavy (non-hydrogen) atoms. The third kappa shape index (κ3) is 2.27. The molecule has 3 heteroatoms. The van der Waals surface area contributed by atoms with Crippen LogP contribution in [0.2, 0.25) is 0 Å². The lowest BCUT2D eigenvalue weighted by Crippen LogP contribution is -2.28. The molecule has 0 fully saturated rings. The molecule has 1 N–H and O–H groups in total. The molecule has 1 unspecified atom stereocenters. The fourth-order valence-corrected chi connectivity index (χ4v) is 0.369. The van der Waals surface area contributed by atoms with E-state index in [1.807, 2.05) is 0 Å². The number of likely N-dealkylation sites (N-methyl/N-ethyl adjacent to an activating group) is 1. The molecule has 50 valence electrons. The third-order valence-electron chi connectivity index (χ3n) is 0.944. The van der Waals surface area contributed by atoms with Crippen LogP contribution in [0, 0.1) is 11.3 Å². The number of hydrogen-bond acceptors (Lipinski definition) is 3. The molecule has 0 spiro atoms. The van der Waals surface area contributed by atoms with Gasteiger partial charge in [-0.1, -0.05) is 6.58 Å². The summed E-state index contributed by atoms with van der Waals surface area (Å²) < 4.78 is 0. The number of nitriles is 1. The minimum atomic E-state index is -0.838. The van der Waals surface area contributed by atoms with E-state index in [1.54, 1.807) is 20.2 Å². The summed E-state index contributed by atoms with van der Waals surface area (Å²) in [5, 5.41) is 17.2. The Morgan fingerprint density at radius 3 is 2.33 bits per heavy atom. The van der Waals surface area contributed by atoms with Gasteiger partial charge in [0, 0.05) is 0 Å². The van der Waals surface area contributed by atoms with Crippen molar-refractivity contribution in [2.45, 2.75) is 6.23 Å².